The van der Waals surface area contributed by atoms with Gasteiger partial charge < -0.3 is 9.80 Å². The van der Waals surface area contributed by atoms with E-state index in [4.69, 9.17) is 0 Å². The van der Waals surface area contributed by atoms with Gasteiger partial charge in [-0.3, -0.25) is 14.9 Å². The molecule has 0 bridgehead atoms. The van der Waals surface area contributed by atoms with E-state index < -0.39 is 14.8 Å². The van der Waals surface area contributed by atoms with Gasteiger partial charge in [0.15, 0.2) is 9.84 Å². The van der Waals surface area contributed by atoms with Gasteiger partial charge in [-0.1, -0.05) is 6.07 Å². The highest BCUT2D eigenvalue weighted by molar-refractivity contribution is 7.90. The van der Waals surface area contributed by atoms with Crippen LogP contribution in [0, 0.1) is 17.0 Å². The molecule has 2 aromatic rings. The van der Waals surface area contributed by atoms with E-state index in [2.05, 4.69) is 4.90 Å². The van der Waals surface area contributed by atoms with Gasteiger partial charge in [0.1, 0.15) is 0 Å². The van der Waals surface area contributed by atoms with E-state index in [-0.39, 0.29) is 16.5 Å². The zero-order chi connectivity index (χ0) is 20.5. The number of aryl methyl sites for hydroxylation is 1. The molecule has 0 N–H and O–H groups in total. The van der Waals surface area contributed by atoms with Crippen LogP contribution in [0.5, 0.6) is 0 Å². The summed E-state index contributed by atoms with van der Waals surface area (Å²) in [6.07, 6.45) is 1.12. The molecule has 1 heterocycles. The van der Waals surface area contributed by atoms with E-state index in [1.807, 2.05) is 0 Å². The highest BCUT2D eigenvalue weighted by Crippen LogP contribution is 2.22. The summed E-state index contributed by atoms with van der Waals surface area (Å²) in [6, 6.07) is 10.9. The molecule has 0 radical (unpaired) electrons. The second-order valence-corrected chi connectivity index (χ2v) is 8.82. The smallest absolute Gasteiger partial charge is 0.269 e. The quantitative estimate of drug-likeness (QED) is 0.573. The third-order valence-corrected chi connectivity index (χ3v) is 5.97. The Labute approximate surface area is 163 Å². The first-order valence-corrected chi connectivity index (χ1v) is 10.7. The number of nitro benzene ring substituents is 1. The number of benzene rings is 2. The molecule has 9 heteroatoms. The standard InChI is InChI=1S/C19H21N3O5S/c1-14-3-8-17(28(2,26)27)13-18(14)19(23)21-11-9-20(10-12-21)15-4-6-16(7-5-15)22(24)25/h3-8,13H,9-12H2,1-2H3. The number of non-ortho nitro benzene ring substituents is 1. The molecule has 0 atom stereocenters. The molecule has 148 valence electrons. The van der Waals surface area contributed by atoms with Gasteiger partial charge in [-0.15, -0.1) is 0 Å². The highest BCUT2D eigenvalue weighted by atomic mass is 32.2. The Morgan fingerprint density at radius 2 is 1.64 bits per heavy atom. The SMILES string of the molecule is Cc1ccc(S(C)(=O)=O)cc1C(=O)N1CCN(c2ccc([N+](=O)[O-])cc2)CC1. The van der Waals surface area contributed by atoms with E-state index in [1.54, 1.807) is 30.0 Å². The first-order chi connectivity index (χ1) is 13.2. The van der Waals surface area contributed by atoms with E-state index in [0.29, 0.717) is 31.7 Å². The second kappa shape index (κ2) is 7.59. The summed E-state index contributed by atoms with van der Waals surface area (Å²) in [5.41, 5.74) is 2.04. The van der Waals surface area contributed by atoms with Crippen molar-refractivity contribution in [1.29, 1.82) is 0 Å². The number of sulfone groups is 1. The maximum atomic E-state index is 12.9. The van der Waals surface area contributed by atoms with Crippen LogP contribution in [0.25, 0.3) is 0 Å². The summed E-state index contributed by atoms with van der Waals surface area (Å²) in [5, 5.41) is 10.8. The minimum atomic E-state index is -3.39. The number of hydrogen-bond donors (Lipinski definition) is 0. The average molecular weight is 403 g/mol. The van der Waals surface area contributed by atoms with Gasteiger partial charge in [0.25, 0.3) is 11.6 Å². The molecule has 0 aromatic heterocycles. The molecule has 1 saturated heterocycles. The van der Waals surface area contributed by atoms with Crippen LogP contribution in [-0.2, 0) is 9.84 Å². The summed E-state index contributed by atoms with van der Waals surface area (Å²) >= 11 is 0. The lowest BCUT2D eigenvalue weighted by molar-refractivity contribution is -0.384. The van der Waals surface area contributed by atoms with Crippen LogP contribution in [0.2, 0.25) is 0 Å². The zero-order valence-corrected chi connectivity index (χ0v) is 16.5. The monoisotopic (exact) mass is 403 g/mol. The van der Waals surface area contributed by atoms with Crippen molar-refractivity contribution in [1.82, 2.24) is 4.90 Å². The summed E-state index contributed by atoms with van der Waals surface area (Å²) in [6.45, 7) is 3.94. The molecule has 2 aromatic carbocycles. The highest BCUT2D eigenvalue weighted by Gasteiger charge is 2.24. The van der Waals surface area contributed by atoms with Crippen molar-refractivity contribution >= 4 is 27.1 Å². The number of rotatable bonds is 4. The summed E-state index contributed by atoms with van der Waals surface area (Å²) in [4.78, 5) is 27.1. The first kappa shape index (κ1) is 19.8. The number of carbonyl (C=O) groups excluding carboxylic acids is 1. The molecule has 1 aliphatic heterocycles. The normalized spacial score (nSPS) is 14.8. The van der Waals surface area contributed by atoms with Gasteiger partial charge in [-0.2, -0.15) is 0 Å². The lowest BCUT2D eigenvalue weighted by Gasteiger charge is -2.36. The van der Waals surface area contributed by atoms with Crippen LogP contribution in [0.4, 0.5) is 11.4 Å². The van der Waals surface area contributed by atoms with Crippen LogP contribution in [0.3, 0.4) is 0 Å². The fraction of sp³-hybridized carbons (Fsp3) is 0.316. The fourth-order valence-electron chi connectivity index (χ4n) is 3.19. The Balaban J connectivity index is 1.71. The number of carbonyl (C=O) groups is 1. The molecule has 28 heavy (non-hydrogen) atoms. The van der Waals surface area contributed by atoms with Gasteiger partial charge >= 0.3 is 0 Å². The second-order valence-electron chi connectivity index (χ2n) is 6.80. The van der Waals surface area contributed by atoms with Crippen molar-refractivity contribution < 1.29 is 18.1 Å². The van der Waals surface area contributed by atoms with Crippen LogP contribution < -0.4 is 4.90 Å². The Hall–Kier alpha value is -2.94. The van der Waals surface area contributed by atoms with Crippen molar-refractivity contribution in [2.75, 3.05) is 37.3 Å². The third-order valence-electron chi connectivity index (χ3n) is 4.86. The zero-order valence-electron chi connectivity index (χ0n) is 15.7. The third kappa shape index (κ3) is 4.14. The van der Waals surface area contributed by atoms with Gasteiger partial charge in [-0.05, 0) is 36.8 Å². The maximum absolute atomic E-state index is 12.9. The Morgan fingerprint density at radius 1 is 1.04 bits per heavy atom. The Bertz CT molecular complexity index is 1010. The first-order valence-electron chi connectivity index (χ1n) is 8.76. The summed E-state index contributed by atoms with van der Waals surface area (Å²) in [7, 11) is -3.39. The van der Waals surface area contributed by atoms with E-state index in [1.165, 1.54) is 24.3 Å². The van der Waals surface area contributed by atoms with Crippen LogP contribution in [0.1, 0.15) is 15.9 Å². The number of amides is 1. The van der Waals surface area contributed by atoms with Gasteiger partial charge in [0, 0.05) is 55.8 Å². The van der Waals surface area contributed by atoms with Crippen molar-refractivity contribution in [3.63, 3.8) is 0 Å². The van der Waals surface area contributed by atoms with Crippen LogP contribution in [-0.4, -0.2) is 56.6 Å². The molecule has 1 amide bonds. The molecular formula is C19H21N3O5S. The molecule has 0 aliphatic carbocycles. The largest absolute Gasteiger partial charge is 0.368 e. The van der Waals surface area contributed by atoms with Crippen molar-refractivity contribution in [3.05, 3.63) is 63.7 Å². The predicted molar refractivity (Wildman–Crippen MR) is 106 cm³/mol. The number of nitro groups is 1. The maximum Gasteiger partial charge on any atom is 0.269 e. The number of hydrogen-bond acceptors (Lipinski definition) is 6. The molecule has 1 fully saturated rings. The van der Waals surface area contributed by atoms with Crippen LogP contribution >= 0.6 is 0 Å². The summed E-state index contributed by atoms with van der Waals surface area (Å²) in [5.74, 6) is -0.189. The van der Waals surface area contributed by atoms with Crippen molar-refractivity contribution in [2.45, 2.75) is 11.8 Å². The molecule has 0 spiro atoms. The average Bonchev–Trinajstić information content (AvgIpc) is 2.67. The van der Waals surface area contributed by atoms with E-state index in [0.717, 1.165) is 17.5 Å². The fourth-order valence-corrected chi connectivity index (χ4v) is 3.83. The number of nitrogens with zero attached hydrogens (tertiary/aromatic N) is 3. The molecule has 0 unspecified atom stereocenters. The Morgan fingerprint density at radius 3 is 2.18 bits per heavy atom. The molecular weight excluding hydrogens is 382 g/mol. The van der Waals surface area contributed by atoms with Gasteiger partial charge in [-0.25, -0.2) is 8.42 Å². The Kier molecular flexibility index (Phi) is 5.37. The molecule has 0 saturated carbocycles. The lowest BCUT2D eigenvalue weighted by atomic mass is 10.1. The van der Waals surface area contributed by atoms with E-state index in [9.17, 15) is 23.3 Å². The molecule has 1 aliphatic rings. The molecule has 8 nitrogen and oxygen atoms in total. The number of piperazine rings is 1. The lowest BCUT2D eigenvalue weighted by Crippen LogP contribution is -2.49. The van der Waals surface area contributed by atoms with Crippen molar-refractivity contribution in [3.8, 4) is 0 Å². The van der Waals surface area contributed by atoms with Crippen molar-refractivity contribution in [2.24, 2.45) is 0 Å². The minimum Gasteiger partial charge on any atom is -0.368 e. The van der Waals surface area contributed by atoms with Crippen LogP contribution in [0.15, 0.2) is 47.4 Å². The summed E-state index contributed by atoms with van der Waals surface area (Å²) < 4.78 is 23.6. The predicted octanol–water partition coefficient (Wildman–Crippen LogP) is 2.27. The topological polar surface area (TPSA) is 101 Å². The number of anilines is 1. The minimum absolute atomic E-state index is 0.0406. The van der Waals surface area contributed by atoms with E-state index >= 15 is 0 Å². The van der Waals surface area contributed by atoms with Gasteiger partial charge in [0.05, 0.1) is 9.82 Å². The molecule has 3 rings (SSSR count). The van der Waals surface area contributed by atoms with Gasteiger partial charge in [0.2, 0.25) is 0 Å².